The molecule has 6 nitrogen and oxygen atoms in total. The number of nitrogens with one attached hydrogen (secondary N) is 1. The van der Waals surface area contributed by atoms with Crippen LogP contribution in [-0.4, -0.2) is 64.0 Å². The maximum absolute atomic E-state index is 9.69. The number of nitrogens with zero attached hydrogens (tertiary/aromatic N) is 3. The lowest BCUT2D eigenvalue weighted by Gasteiger charge is -2.41. The van der Waals surface area contributed by atoms with E-state index < -0.39 is 0 Å². The van der Waals surface area contributed by atoms with Gasteiger partial charge in [-0.2, -0.15) is 5.10 Å². The van der Waals surface area contributed by atoms with Crippen LogP contribution in [0.5, 0.6) is 5.75 Å². The van der Waals surface area contributed by atoms with Gasteiger partial charge >= 0.3 is 0 Å². The summed E-state index contributed by atoms with van der Waals surface area (Å²) in [6, 6.07) is 18.9. The highest BCUT2D eigenvalue weighted by Crippen LogP contribution is 2.26. The van der Waals surface area contributed by atoms with Crippen LogP contribution < -0.4 is 4.74 Å². The van der Waals surface area contributed by atoms with E-state index in [-0.39, 0.29) is 6.61 Å². The van der Waals surface area contributed by atoms with Crippen LogP contribution in [0.3, 0.4) is 0 Å². The summed E-state index contributed by atoms with van der Waals surface area (Å²) in [5, 5.41) is 17.2. The Balaban J connectivity index is 1.44. The molecule has 1 aliphatic heterocycles. The zero-order valence-corrected chi connectivity index (χ0v) is 18.2. The summed E-state index contributed by atoms with van der Waals surface area (Å²) < 4.78 is 5.82. The number of ether oxygens (including phenoxy) is 1. The number of aliphatic hydroxyl groups excluding tert-OH is 1. The first kappa shape index (κ1) is 21.6. The highest BCUT2D eigenvalue weighted by atomic mass is 16.5. The molecule has 2 heterocycles. The van der Waals surface area contributed by atoms with Crippen molar-refractivity contribution in [1.29, 1.82) is 0 Å². The van der Waals surface area contributed by atoms with Gasteiger partial charge in [0.25, 0.3) is 0 Å². The Morgan fingerprint density at radius 3 is 2.65 bits per heavy atom. The van der Waals surface area contributed by atoms with Gasteiger partial charge in [0.2, 0.25) is 0 Å². The van der Waals surface area contributed by atoms with Gasteiger partial charge in [-0.05, 0) is 25.0 Å². The number of aromatic amines is 1. The fourth-order valence-corrected chi connectivity index (χ4v) is 4.41. The number of para-hydroxylation sites is 1. The summed E-state index contributed by atoms with van der Waals surface area (Å²) in [5.41, 5.74) is 4.67. The topological polar surface area (TPSA) is 64.6 Å². The minimum atomic E-state index is 0.198. The predicted molar refractivity (Wildman–Crippen MR) is 123 cm³/mol. The second-order valence-corrected chi connectivity index (χ2v) is 8.05. The van der Waals surface area contributed by atoms with Crippen LogP contribution in [0.2, 0.25) is 0 Å². The molecule has 6 heteroatoms. The van der Waals surface area contributed by atoms with Crippen molar-refractivity contribution in [2.24, 2.45) is 0 Å². The van der Waals surface area contributed by atoms with Crippen LogP contribution in [0.1, 0.15) is 24.5 Å². The number of piperazine rings is 1. The summed E-state index contributed by atoms with van der Waals surface area (Å²) in [4.78, 5) is 4.96. The van der Waals surface area contributed by atoms with Crippen LogP contribution in [0, 0.1) is 0 Å². The van der Waals surface area contributed by atoms with Crippen molar-refractivity contribution in [2.45, 2.75) is 32.5 Å². The molecule has 1 aromatic heterocycles. The predicted octanol–water partition coefficient (Wildman–Crippen LogP) is 3.54. The monoisotopic (exact) mass is 420 g/mol. The number of rotatable bonds is 9. The largest absolute Gasteiger partial charge is 0.494 e. The Bertz CT molecular complexity index is 943. The van der Waals surface area contributed by atoms with Crippen molar-refractivity contribution in [1.82, 2.24) is 20.0 Å². The number of aliphatic hydroxyl groups is 1. The highest BCUT2D eigenvalue weighted by molar-refractivity contribution is 5.62. The molecule has 1 saturated heterocycles. The van der Waals surface area contributed by atoms with E-state index in [2.05, 4.69) is 56.4 Å². The molecule has 0 radical (unpaired) electrons. The molecule has 0 aliphatic carbocycles. The Morgan fingerprint density at radius 1 is 1.03 bits per heavy atom. The van der Waals surface area contributed by atoms with Gasteiger partial charge in [0.1, 0.15) is 5.75 Å². The Hall–Kier alpha value is -2.67. The van der Waals surface area contributed by atoms with E-state index in [1.807, 2.05) is 31.3 Å². The van der Waals surface area contributed by atoms with Crippen LogP contribution in [-0.2, 0) is 13.1 Å². The first-order valence-electron chi connectivity index (χ1n) is 11.1. The second-order valence-electron chi connectivity index (χ2n) is 8.05. The van der Waals surface area contributed by atoms with Gasteiger partial charge in [-0.1, -0.05) is 48.5 Å². The number of hydrogen-bond acceptors (Lipinski definition) is 5. The molecular formula is C25H32N4O2. The van der Waals surface area contributed by atoms with Crippen molar-refractivity contribution in [3.63, 3.8) is 0 Å². The van der Waals surface area contributed by atoms with E-state index in [0.29, 0.717) is 12.6 Å². The minimum Gasteiger partial charge on any atom is -0.494 e. The Kier molecular flexibility index (Phi) is 7.35. The van der Waals surface area contributed by atoms with Crippen molar-refractivity contribution in [2.75, 3.05) is 32.8 Å². The smallest absolute Gasteiger partial charge is 0.123 e. The molecule has 164 valence electrons. The average molecular weight is 421 g/mol. The SMILES string of the molecule is CCOc1ccccc1CN1CCN(Cc2cn[nH]c2-c2ccccc2)C[C@@H]1CCO. The van der Waals surface area contributed by atoms with E-state index in [0.717, 1.165) is 56.2 Å². The summed E-state index contributed by atoms with van der Waals surface area (Å²) in [6.07, 6.45) is 2.71. The van der Waals surface area contributed by atoms with Gasteiger partial charge in [0, 0.05) is 56.5 Å². The van der Waals surface area contributed by atoms with Crippen molar-refractivity contribution in [3.05, 3.63) is 71.9 Å². The first-order valence-corrected chi connectivity index (χ1v) is 11.1. The lowest BCUT2D eigenvalue weighted by Crippen LogP contribution is -2.52. The number of hydrogen-bond donors (Lipinski definition) is 2. The average Bonchev–Trinajstić information content (AvgIpc) is 3.26. The third kappa shape index (κ3) is 5.34. The lowest BCUT2D eigenvalue weighted by molar-refractivity contribution is 0.0495. The number of H-pyrrole nitrogens is 1. The maximum atomic E-state index is 9.69. The second kappa shape index (κ2) is 10.6. The van der Waals surface area contributed by atoms with Gasteiger partial charge in [0.05, 0.1) is 18.5 Å². The van der Waals surface area contributed by atoms with Crippen LogP contribution in [0.15, 0.2) is 60.8 Å². The summed E-state index contributed by atoms with van der Waals surface area (Å²) in [7, 11) is 0. The normalized spacial score (nSPS) is 17.7. The fourth-order valence-electron chi connectivity index (χ4n) is 4.41. The van der Waals surface area contributed by atoms with E-state index >= 15 is 0 Å². The summed E-state index contributed by atoms with van der Waals surface area (Å²) in [5.74, 6) is 0.959. The quantitative estimate of drug-likeness (QED) is 0.554. The third-order valence-corrected chi connectivity index (χ3v) is 5.97. The molecule has 4 rings (SSSR count). The third-order valence-electron chi connectivity index (χ3n) is 5.97. The summed E-state index contributed by atoms with van der Waals surface area (Å²) >= 11 is 0. The standard InChI is InChI=1S/C25H32N4O2/c1-2-31-24-11-7-6-10-21(24)18-29-14-13-28(19-23(29)12-15-30)17-22-16-26-27-25(22)20-8-4-3-5-9-20/h3-11,16,23,30H,2,12-15,17-19H2,1H3,(H,26,27)/t23-/m0/s1. The molecule has 31 heavy (non-hydrogen) atoms. The molecular weight excluding hydrogens is 388 g/mol. The van der Waals surface area contributed by atoms with Crippen LogP contribution in [0.25, 0.3) is 11.3 Å². The molecule has 0 spiro atoms. The van der Waals surface area contributed by atoms with E-state index in [4.69, 9.17) is 4.74 Å². The zero-order chi connectivity index (χ0) is 21.5. The molecule has 0 bridgehead atoms. The zero-order valence-electron chi connectivity index (χ0n) is 18.2. The fraction of sp³-hybridized carbons (Fsp3) is 0.400. The minimum absolute atomic E-state index is 0.198. The van der Waals surface area contributed by atoms with Gasteiger partial charge in [-0.25, -0.2) is 0 Å². The number of aromatic nitrogens is 2. The first-order chi connectivity index (χ1) is 15.3. The molecule has 0 unspecified atom stereocenters. The number of benzene rings is 2. The Morgan fingerprint density at radius 2 is 1.84 bits per heavy atom. The molecule has 0 amide bonds. The molecule has 2 aromatic carbocycles. The molecule has 1 aliphatic rings. The van der Waals surface area contributed by atoms with Crippen molar-refractivity contribution >= 4 is 0 Å². The van der Waals surface area contributed by atoms with Gasteiger partial charge in [-0.3, -0.25) is 14.9 Å². The van der Waals surface area contributed by atoms with E-state index in [1.165, 1.54) is 11.1 Å². The van der Waals surface area contributed by atoms with Gasteiger partial charge < -0.3 is 9.84 Å². The van der Waals surface area contributed by atoms with Gasteiger partial charge in [0.15, 0.2) is 0 Å². The van der Waals surface area contributed by atoms with Crippen LogP contribution in [0.4, 0.5) is 0 Å². The molecule has 1 fully saturated rings. The van der Waals surface area contributed by atoms with E-state index in [9.17, 15) is 5.11 Å². The van der Waals surface area contributed by atoms with E-state index in [1.54, 1.807) is 0 Å². The molecule has 0 saturated carbocycles. The Labute approximate surface area is 184 Å². The molecule has 1 atom stereocenters. The molecule has 2 N–H and O–H groups in total. The van der Waals surface area contributed by atoms with Gasteiger partial charge in [-0.15, -0.1) is 0 Å². The molecule has 3 aromatic rings. The van der Waals surface area contributed by atoms with Crippen molar-refractivity contribution < 1.29 is 9.84 Å². The van der Waals surface area contributed by atoms with Crippen LogP contribution >= 0.6 is 0 Å². The highest BCUT2D eigenvalue weighted by Gasteiger charge is 2.28. The summed E-state index contributed by atoms with van der Waals surface area (Å²) in [6.45, 7) is 7.45. The maximum Gasteiger partial charge on any atom is 0.123 e. The lowest BCUT2D eigenvalue weighted by atomic mass is 10.0. The van der Waals surface area contributed by atoms with Crippen molar-refractivity contribution in [3.8, 4) is 17.0 Å².